The highest BCUT2D eigenvalue weighted by Crippen LogP contribution is 2.32. The van der Waals surface area contributed by atoms with E-state index in [1.807, 2.05) is 98.5 Å². The van der Waals surface area contributed by atoms with Crippen LogP contribution in [0, 0.1) is 20.8 Å². The molecule has 2 amide bonds. The van der Waals surface area contributed by atoms with Crippen LogP contribution in [0.4, 0.5) is 11.4 Å². The van der Waals surface area contributed by atoms with Gasteiger partial charge in [0.2, 0.25) is 5.91 Å². The zero-order valence-corrected chi connectivity index (χ0v) is 23.5. The predicted octanol–water partition coefficient (Wildman–Crippen LogP) is 6.85. The van der Waals surface area contributed by atoms with E-state index >= 15 is 0 Å². The van der Waals surface area contributed by atoms with E-state index in [1.54, 1.807) is 0 Å². The second kappa shape index (κ2) is 10.9. The number of hydrogen-bond donors (Lipinski definition) is 1. The molecule has 0 unspecified atom stereocenters. The number of carbonyl (C=O) groups excluding carboxylic acids is 2. The molecule has 1 aliphatic rings. The van der Waals surface area contributed by atoms with Crippen LogP contribution >= 0.6 is 0 Å². The standard InChI is InChI=1S/C35H32N4O2/c1-23-11-15-26(16-12-23)30-8-4-5-9-31(30)35(41)37-29-17-18-32-27(21-29)19-20-38(32)34(40)22-28-7-6-10-33(36-28)39-24(2)13-14-25(39)3/h4-18,21H,19-20,22H2,1-3H3,(H,37,41). The third-order valence-corrected chi connectivity index (χ3v) is 7.69. The Hall–Kier alpha value is -4.97. The van der Waals surface area contributed by atoms with Crippen LogP contribution < -0.4 is 10.2 Å². The van der Waals surface area contributed by atoms with Crippen molar-refractivity contribution in [2.45, 2.75) is 33.6 Å². The van der Waals surface area contributed by atoms with E-state index in [-0.39, 0.29) is 18.2 Å². The van der Waals surface area contributed by atoms with Crippen LogP contribution in [0.15, 0.2) is 97.1 Å². The van der Waals surface area contributed by atoms with Crippen molar-refractivity contribution in [3.8, 4) is 16.9 Å². The maximum absolute atomic E-state index is 13.4. The highest BCUT2D eigenvalue weighted by molar-refractivity contribution is 6.09. The molecule has 204 valence electrons. The van der Waals surface area contributed by atoms with Gasteiger partial charge < -0.3 is 14.8 Å². The third kappa shape index (κ3) is 5.29. The molecule has 6 heteroatoms. The normalized spacial score (nSPS) is 12.3. The van der Waals surface area contributed by atoms with Gasteiger partial charge in [0.15, 0.2) is 0 Å². The van der Waals surface area contributed by atoms with Crippen molar-refractivity contribution in [1.82, 2.24) is 9.55 Å². The zero-order chi connectivity index (χ0) is 28.5. The molecular weight excluding hydrogens is 508 g/mol. The first-order valence-corrected chi connectivity index (χ1v) is 13.9. The van der Waals surface area contributed by atoms with E-state index in [2.05, 4.69) is 34.1 Å². The molecule has 6 nitrogen and oxygen atoms in total. The molecule has 3 aromatic carbocycles. The maximum Gasteiger partial charge on any atom is 0.256 e. The molecule has 5 aromatic rings. The summed E-state index contributed by atoms with van der Waals surface area (Å²) < 4.78 is 2.09. The van der Waals surface area contributed by atoms with Gasteiger partial charge in [0.05, 0.1) is 12.1 Å². The number of nitrogens with one attached hydrogen (secondary N) is 1. The fourth-order valence-electron chi connectivity index (χ4n) is 5.57. The summed E-state index contributed by atoms with van der Waals surface area (Å²) in [6, 6.07) is 31.5. The van der Waals surface area contributed by atoms with E-state index in [1.165, 1.54) is 5.56 Å². The summed E-state index contributed by atoms with van der Waals surface area (Å²) >= 11 is 0. The molecule has 1 N–H and O–H groups in total. The van der Waals surface area contributed by atoms with E-state index in [0.29, 0.717) is 17.8 Å². The smallest absolute Gasteiger partial charge is 0.256 e. The van der Waals surface area contributed by atoms with Crippen LogP contribution in [0.3, 0.4) is 0 Å². The second-order valence-corrected chi connectivity index (χ2v) is 10.6. The monoisotopic (exact) mass is 540 g/mol. The number of nitrogens with zero attached hydrogens (tertiary/aromatic N) is 3. The van der Waals surface area contributed by atoms with Crippen LogP contribution in [-0.2, 0) is 17.6 Å². The molecule has 0 saturated carbocycles. The van der Waals surface area contributed by atoms with Gasteiger partial charge in [-0.3, -0.25) is 9.59 Å². The first-order valence-electron chi connectivity index (χ1n) is 13.9. The fourth-order valence-corrected chi connectivity index (χ4v) is 5.57. The molecule has 0 atom stereocenters. The molecule has 2 aromatic heterocycles. The Labute approximate surface area is 240 Å². The van der Waals surface area contributed by atoms with Gasteiger partial charge in [0, 0.05) is 34.9 Å². The molecule has 41 heavy (non-hydrogen) atoms. The first kappa shape index (κ1) is 26.3. The number of amides is 2. The van der Waals surface area contributed by atoms with Gasteiger partial charge in [-0.25, -0.2) is 4.98 Å². The summed E-state index contributed by atoms with van der Waals surface area (Å²) in [7, 11) is 0. The molecule has 3 heterocycles. The van der Waals surface area contributed by atoms with Crippen molar-refractivity contribution < 1.29 is 9.59 Å². The van der Waals surface area contributed by atoms with Crippen LogP contribution in [-0.4, -0.2) is 27.9 Å². The Kier molecular flexibility index (Phi) is 6.98. The number of benzene rings is 3. The van der Waals surface area contributed by atoms with E-state index in [9.17, 15) is 9.59 Å². The van der Waals surface area contributed by atoms with Gasteiger partial charge in [0.25, 0.3) is 5.91 Å². The predicted molar refractivity (Wildman–Crippen MR) is 164 cm³/mol. The van der Waals surface area contributed by atoms with E-state index in [0.717, 1.165) is 51.7 Å². The van der Waals surface area contributed by atoms with Crippen molar-refractivity contribution in [3.05, 3.63) is 131 Å². The summed E-state index contributed by atoms with van der Waals surface area (Å²) in [5.41, 5.74) is 9.29. The molecule has 0 spiro atoms. The van der Waals surface area contributed by atoms with Gasteiger partial charge >= 0.3 is 0 Å². The Morgan fingerprint density at radius 3 is 2.37 bits per heavy atom. The van der Waals surface area contributed by atoms with Crippen molar-refractivity contribution in [2.24, 2.45) is 0 Å². The Morgan fingerprint density at radius 1 is 0.829 bits per heavy atom. The molecular formula is C35H32N4O2. The first-order chi connectivity index (χ1) is 19.9. The number of fused-ring (bicyclic) bond motifs is 1. The van der Waals surface area contributed by atoms with Gasteiger partial charge in [0.1, 0.15) is 5.82 Å². The van der Waals surface area contributed by atoms with Crippen LogP contribution in [0.2, 0.25) is 0 Å². The summed E-state index contributed by atoms with van der Waals surface area (Å²) in [5, 5.41) is 3.07. The molecule has 0 fully saturated rings. The molecule has 0 bridgehead atoms. The minimum atomic E-state index is -0.161. The summed E-state index contributed by atoms with van der Waals surface area (Å²) in [5.74, 6) is 0.672. The van der Waals surface area contributed by atoms with Gasteiger partial charge in [-0.05, 0) is 92.4 Å². The lowest BCUT2D eigenvalue weighted by atomic mass is 9.98. The molecule has 1 aliphatic heterocycles. The van der Waals surface area contributed by atoms with E-state index < -0.39 is 0 Å². The lowest BCUT2D eigenvalue weighted by Crippen LogP contribution is -2.30. The number of carbonyl (C=O) groups is 2. The van der Waals surface area contributed by atoms with Crippen molar-refractivity contribution in [2.75, 3.05) is 16.8 Å². The number of aromatic nitrogens is 2. The SMILES string of the molecule is Cc1ccc(-c2ccccc2C(=O)Nc2ccc3c(c2)CCN3C(=O)Cc2cccc(-n3c(C)ccc3C)n2)cc1. The van der Waals surface area contributed by atoms with Crippen LogP contribution in [0.5, 0.6) is 0 Å². The Bertz CT molecular complexity index is 1750. The molecule has 0 radical (unpaired) electrons. The average molecular weight is 541 g/mol. The van der Waals surface area contributed by atoms with Crippen molar-refractivity contribution in [3.63, 3.8) is 0 Å². The second-order valence-electron chi connectivity index (χ2n) is 10.6. The Morgan fingerprint density at radius 2 is 1.59 bits per heavy atom. The minimum Gasteiger partial charge on any atom is -0.322 e. The molecule has 0 aliphatic carbocycles. The average Bonchev–Trinajstić information content (AvgIpc) is 3.55. The quantitative estimate of drug-likeness (QED) is 0.256. The number of hydrogen-bond acceptors (Lipinski definition) is 3. The van der Waals surface area contributed by atoms with Crippen LogP contribution in [0.1, 0.15) is 38.6 Å². The van der Waals surface area contributed by atoms with Gasteiger partial charge in [-0.1, -0.05) is 54.1 Å². The van der Waals surface area contributed by atoms with Gasteiger partial charge in [-0.2, -0.15) is 0 Å². The summed E-state index contributed by atoms with van der Waals surface area (Å²) in [6.07, 6.45) is 0.959. The zero-order valence-electron chi connectivity index (χ0n) is 23.5. The van der Waals surface area contributed by atoms with Gasteiger partial charge in [-0.15, -0.1) is 0 Å². The summed E-state index contributed by atoms with van der Waals surface area (Å²) in [6.45, 7) is 6.75. The van der Waals surface area contributed by atoms with E-state index in [4.69, 9.17) is 4.98 Å². The summed E-state index contributed by atoms with van der Waals surface area (Å²) in [4.78, 5) is 33.3. The number of rotatable bonds is 6. The lowest BCUT2D eigenvalue weighted by Gasteiger charge is -2.18. The topological polar surface area (TPSA) is 67.2 Å². The minimum absolute atomic E-state index is 0.0122. The van der Waals surface area contributed by atoms with Crippen molar-refractivity contribution in [1.29, 1.82) is 0 Å². The third-order valence-electron chi connectivity index (χ3n) is 7.69. The highest BCUT2D eigenvalue weighted by Gasteiger charge is 2.26. The number of aryl methyl sites for hydroxylation is 3. The van der Waals surface area contributed by atoms with Crippen LogP contribution in [0.25, 0.3) is 16.9 Å². The number of pyridine rings is 1. The molecule has 0 saturated heterocycles. The largest absolute Gasteiger partial charge is 0.322 e. The molecule has 6 rings (SSSR count). The number of anilines is 2. The lowest BCUT2D eigenvalue weighted by molar-refractivity contribution is -0.117. The maximum atomic E-state index is 13.4. The fraction of sp³-hybridized carbons (Fsp3) is 0.171. The Balaban J connectivity index is 1.17. The highest BCUT2D eigenvalue weighted by atomic mass is 16.2. The van der Waals surface area contributed by atoms with Crippen molar-refractivity contribution >= 4 is 23.2 Å².